The van der Waals surface area contributed by atoms with Crippen molar-refractivity contribution in [1.29, 1.82) is 0 Å². The summed E-state index contributed by atoms with van der Waals surface area (Å²) in [4.78, 5) is 65.4. The SMILES string of the molecule is Cc1ccccc1NC(=O)Nc1ccc(CC(=O)N2CCCC2C(=O)NCCCC[C@H](NC(=O)[C@@H]2CCCN2S(=O)(=O)c2cc(Cl)cc(Cl)c2)C(=O)O)cc1. The minimum Gasteiger partial charge on any atom is -0.480 e. The lowest BCUT2D eigenvalue weighted by atomic mass is 10.1. The summed E-state index contributed by atoms with van der Waals surface area (Å²) >= 11 is 12.0. The van der Waals surface area contributed by atoms with Gasteiger partial charge in [-0.25, -0.2) is 18.0 Å². The van der Waals surface area contributed by atoms with E-state index in [2.05, 4.69) is 21.3 Å². The quantitative estimate of drug-likeness (QED) is 0.129. The van der Waals surface area contributed by atoms with Crippen LogP contribution in [-0.4, -0.2) is 90.2 Å². The maximum absolute atomic E-state index is 13.3. The number of benzene rings is 3. The molecule has 2 heterocycles. The van der Waals surface area contributed by atoms with Crippen molar-refractivity contribution in [2.75, 3.05) is 30.3 Å². The number of likely N-dealkylation sites (tertiary alicyclic amines) is 1. The highest BCUT2D eigenvalue weighted by molar-refractivity contribution is 7.89. The Morgan fingerprint density at radius 3 is 2.22 bits per heavy atom. The Bertz CT molecular complexity index is 2000. The van der Waals surface area contributed by atoms with Crippen molar-refractivity contribution < 1.29 is 37.5 Å². The van der Waals surface area contributed by atoms with Crippen LogP contribution in [0.2, 0.25) is 10.0 Å². The topological polar surface area (TPSA) is 194 Å². The maximum atomic E-state index is 13.3. The van der Waals surface area contributed by atoms with E-state index in [1.165, 1.54) is 18.2 Å². The molecule has 5 rings (SSSR count). The van der Waals surface area contributed by atoms with Crippen LogP contribution in [0.5, 0.6) is 0 Å². The first kappa shape index (κ1) is 41.5. The summed E-state index contributed by atoms with van der Waals surface area (Å²) in [6, 6.07) is 14.9. The van der Waals surface area contributed by atoms with Gasteiger partial charge in [0.2, 0.25) is 27.7 Å². The van der Waals surface area contributed by atoms with Crippen molar-refractivity contribution in [2.45, 2.75) is 81.3 Å². The van der Waals surface area contributed by atoms with Gasteiger partial charge in [-0.15, -0.1) is 0 Å². The molecule has 1 unspecified atom stereocenters. The number of anilines is 2. The fourth-order valence-electron chi connectivity index (χ4n) is 6.75. The number of carbonyl (C=O) groups is 5. The number of aryl methyl sites for hydroxylation is 1. The van der Waals surface area contributed by atoms with Crippen molar-refractivity contribution in [2.24, 2.45) is 0 Å². The number of para-hydroxylation sites is 1. The van der Waals surface area contributed by atoms with Crippen molar-refractivity contribution in [3.8, 4) is 0 Å². The molecule has 0 aromatic heterocycles. The van der Waals surface area contributed by atoms with Crippen LogP contribution < -0.4 is 21.3 Å². The van der Waals surface area contributed by atoms with Gasteiger partial charge in [-0.05, 0) is 99.4 Å². The zero-order valence-electron chi connectivity index (χ0n) is 30.2. The molecule has 17 heteroatoms. The zero-order valence-corrected chi connectivity index (χ0v) is 32.6. The van der Waals surface area contributed by atoms with Crippen LogP contribution in [0.4, 0.5) is 16.2 Å². The minimum absolute atomic E-state index is 0.0556. The van der Waals surface area contributed by atoms with Gasteiger partial charge in [-0.2, -0.15) is 4.31 Å². The normalized spacial score (nSPS) is 17.7. The van der Waals surface area contributed by atoms with E-state index in [-0.39, 0.29) is 65.1 Å². The molecular formula is C38H44Cl2N6O8S. The Balaban J connectivity index is 1.05. The summed E-state index contributed by atoms with van der Waals surface area (Å²) in [5, 5.41) is 21.0. The molecule has 0 bridgehead atoms. The fraction of sp³-hybridized carbons (Fsp3) is 0.395. The van der Waals surface area contributed by atoms with E-state index in [0.717, 1.165) is 15.4 Å². The number of unbranched alkanes of at least 4 members (excludes halogenated alkanes) is 1. The van der Waals surface area contributed by atoms with E-state index in [1.54, 1.807) is 29.2 Å². The highest BCUT2D eigenvalue weighted by Crippen LogP contribution is 2.30. The lowest BCUT2D eigenvalue weighted by Gasteiger charge is -2.25. The van der Waals surface area contributed by atoms with Crippen LogP contribution in [0.1, 0.15) is 56.1 Å². The third kappa shape index (κ3) is 11.0. The lowest BCUT2D eigenvalue weighted by Crippen LogP contribution is -2.50. The molecule has 2 aliphatic heterocycles. The molecule has 3 aromatic carbocycles. The molecule has 2 fully saturated rings. The van der Waals surface area contributed by atoms with Gasteiger partial charge in [0, 0.05) is 41.1 Å². The van der Waals surface area contributed by atoms with Crippen molar-refractivity contribution >= 4 is 74.3 Å². The summed E-state index contributed by atoms with van der Waals surface area (Å²) in [6.45, 7) is 2.66. The number of carbonyl (C=O) groups excluding carboxylic acids is 4. The van der Waals surface area contributed by atoms with Crippen LogP contribution in [0, 0.1) is 6.92 Å². The largest absolute Gasteiger partial charge is 0.480 e. The van der Waals surface area contributed by atoms with Crippen LogP contribution in [-0.2, 0) is 35.6 Å². The second-order valence-corrected chi connectivity index (χ2v) is 16.3. The molecule has 55 heavy (non-hydrogen) atoms. The molecule has 3 atom stereocenters. The van der Waals surface area contributed by atoms with Crippen LogP contribution in [0.3, 0.4) is 0 Å². The summed E-state index contributed by atoms with van der Waals surface area (Å²) < 4.78 is 27.7. The van der Waals surface area contributed by atoms with E-state index in [0.29, 0.717) is 50.0 Å². The van der Waals surface area contributed by atoms with Gasteiger partial charge in [0.15, 0.2) is 0 Å². The van der Waals surface area contributed by atoms with Crippen LogP contribution in [0.25, 0.3) is 0 Å². The number of hydrogen-bond donors (Lipinski definition) is 5. The van der Waals surface area contributed by atoms with Gasteiger partial charge in [-0.3, -0.25) is 14.4 Å². The van der Waals surface area contributed by atoms with E-state index in [4.69, 9.17) is 23.2 Å². The van der Waals surface area contributed by atoms with E-state index < -0.39 is 40.0 Å². The van der Waals surface area contributed by atoms with Gasteiger partial charge in [-0.1, -0.05) is 53.5 Å². The molecule has 2 aliphatic rings. The molecule has 5 amide bonds. The van der Waals surface area contributed by atoms with E-state index >= 15 is 0 Å². The number of aliphatic carboxylic acids is 1. The average molecular weight is 816 g/mol. The molecular weight excluding hydrogens is 771 g/mol. The zero-order chi connectivity index (χ0) is 39.7. The smallest absolute Gasteiger partial charge is 0.326 e. The van der Waals surface area contributed by atoms with Crippen molar-refractivity contribution in [3.05, 3.63) is 87.9 Å². The summed E-state index contributed by atoms with van der Waals surface area (Å²) in [5.74, 6) is -2.46. The number of sulfonamides is 1. The Labute approximate surface area is 330 Å². The number of halogens is 2. The molecule has 0 saturated carbocycles. The summed E-state index contributed by atoms with van der Waals surface area (Å²) in [7, 11) is -4.14. The first-order chi connectivity index (χ1) is 26.2. The number of carboxylic acid groups (broad SMARTS) is 1. The summed E-state index contributed by atoms with van der Waals surface area (Å²) in [6.07, 6.45) is 2.72. The fourth-order valence-corrected chi connectivity index (χ4v) is 9.13. The predicted octanol–water partition coefficient (Wildman–Crippen LogP) is 5.19. The Kier molecular flexibility index (Phi) is 14.1. The molecule has 0 spiro atoms. The standard InChI is InChI=1S/C38H44Cl2N6O8S/c1-24-8-2-3-9-30(24)44-38(52)42-28-15-13-25(14-16-28)20-34(47)45-18-6-11-32(45)35(48)41-17-5-4-10-31(37(50)51)43-36(49)33-12-7-19-46(33)55(53,54)29-22-26(39)21-27(40)23-29/h2-3,8-9,13-16,21-23,31-33H,4-7,10-12,17-20H2,1H3,(H,41,48)(H,43,49)(H,50,51)(H2,42,44,52)/t31-,32?,33-/m0/s1. The lowest BCUT2D eigenvalue weighted by molar-refractivity contribution is -0.142. The number of nitrogens with one attached hydrogen (secondary N) is 4. The number of nitrogens with zero attached hydrogens (tertiary/aromatic N) is 2. The predicted molar refractivity (Wildman–Crippen MR) is 209 cm³/mol. The first-order valence-electron chi connectivity index (χ1n) is 18.0. The Morgan fingerprint density at radius 1 is 0.855 bits per heavy atom. The van der Waals surface area contributed by atoms with Gasteiger partial charge >= 0.3 is 12.0 Å². The molecule has 0 radical (unpaired) electrons. The second-order valence-electron chi connectivity index (χ2n) is 13.6. The molecule has 2 saturated heterocycles. The highest BCUT2D eigenvalue weighted by atomic mass is 35.5. The second kappa shape index (κ2) is 18.8. The third-order valence-electron chi connectivity index (χ3n) is 9.62. The average Bonchev–Trinajstić information content (AvgIpc) is 3.84. The number of carboxylic acids is 1. The molecule has 294 valence electrons. The monoisotopic (exact) mass is 814 g/mol. The third-order valence-corrected chi connectivity index (χ3v) is 11.9. The van der Waals surface area contributed by atoms with Crippen LogP contribution in [0.15, 0.2) is 71.6 Å². The molecule has 3 aromatic rings. The number of amides is 5. The molecule has 5 N–H and O–H groups in total. The maximum Gasteiger partial charge on any atom is 0.326 e. The Morgan fingerprint density at radius 2 is 1.53 bits per heavy atom. The van der Waals surface area contributed by atoms with Gasteiger partial charge in [0.1, 0.15) is 18.1 Å². The molecule has 14 nitrogen and oxygen atoms in total. The van der Waals surface area contributed by atoms with E-state index in [9.17, 15) is 37.5 Å². The minimum atomic E-state index is -4.14. The number of hydrogen-bond acceptors (Lipinski definition) is 7. The van der Waals surface area contributed by atoms with Gasteiger partial charge in [0.05, 0.1) is 11.3 Å². The highest BCUT2D eigenvalue weighted by Gasteiger charge is 2.41. The first-order valence-corrected chi connectivity index (χ1v) is 20.2. The van der Waals surface area contributed by atoms with Gasteiger partial charge < -0.3 is 31.3 Å². The van der Waals surface area contributed by atoms with Crippen molar-refractivity contribution in [3.63, 3.8) is 0 Å². The summed E-state index contributed by atoms with van der Waals surface area (Å²) in [5.41, 5.74) is 2.92. The van der Waals surface area contributed by atoms with Crippen LogP contribution >= 0.6 is 23.2 Å². The van der Waals surface area contributed by atoms with E-state index in [1.807, 2.05) is 31.2 Å². The number of urea groups is 1. The van der Waals surface area contributed by atoms with Crippen molar-refractivity contribution in [1.82, 2.24) is 19.8 Å². The molecule has 0 aliphatic carbocycles. The Hall–Kier alpha value is -4.70. The van der Waals surface area contributed by atoms with Gasteiger partial charge in [0.25, 0.3) is 0 Å². The number of rotatable bonds is 15.